The first-order valence-corrected chi connectivity index (χ1v) is 16.5. The van der Waals surface area contributed by atoms with Gasteiger partial charge in [-0.2, -0.15) is 18.0 Å². The van der Waals surface area contributed by atoms with Crippen LogP contribution in [0.15, 0.2) is 29.3 Å². The molecule has 3 fully saturated rings. The topological polar surface area (TPSA) is 151 Å². The highest BCUT2D eigenvalue weighted by atomic mass is 35.5. The largest absolute Gasteiger partial charge is 0.504 e. The number of fused-ring (bicyclic) bond motifs is 4. The van der Waals surface area contributed by atoms with Crippen LogP contribution in [0.25, 0.3) is 11.2 Å². The summed E-state index contributed by atoms with van der Waals surface area (Å²) in [5.41, 5.74) is 0.447. The third-order valence-corrected chi connectivity index (χ3v) is 10.5. The monoisotopic (exact) mass is 697 g/mol. The molecule has 2 amide bonds. The molecule has 4 aromatic rings. The Labute approximate surface area is 281 Å². The van der Waals surface area contributed by atoms with Crippen LogP contribution in [0.2, 0.25) is 5.02 Å². The van der Waals surface area contributed by atoms with Gasteiger partial charge in [0.2, 0.25) is 11.3 Å². The second-order valence-electron chi connectivity index (χ2n) is 13.3. The number of carbonyl (C=O) groups is 2. The Kier molecular flexibility index (Phi) is 7.18. The molecule has 1 aromatic carbocycles. The molecule has 0 spiro atoms. The molecule has 2 saturated carbocycles. The quantitative estimate of drug-likeness (QED) is 0.305. The first-order chi connectivity index (χ1) is 23.3. The third-order valence-electron chi connectivity index (χ3n) is 10.2. The van der Waals surface area contributed by atoms with Crippen LogP contribution in [0.3, 0.4) is 0 Å². The predicted molar refractivity (Wildman–Crippen MR) is 171 cm³/mol. The highest BCUT2D eigenvalue weighted by Gasteiger charge is 2.49. The molecular weight excluding hydrogens is 667 g/mol. The number of piperazine rings is 1. The molecule has 3 aromatic heterocycles. The molecule has 17 heteroatoms. The van der Waals surface area contributed by atoms with Crippen molar-refractivity contribution in [1.29, 1.82) is 0 Å². The number of benzene rings is 1. The number of anilines is 2. The standard InChI is InChI=1S/C32H31ClF3N9O4/c1-14-11-22(30(48)39-19-6-3-16(12-18(19)33)32(34,35)36)44-25(14)26(28(47)23-29(44)41-45(40-23)17-4-5-17)42-9-10-43(21-8-7-20(21)42)31(49)24-27(46)15(2)37-13-38-24/h3,6,12-14,17,20-22,46H,4-5,7-11H2,1-2H3,(H,39,48)/t14-,20+,21+,22-/m1/s1. The molecule has 1 saturated heterocycles. The molecule has 2 N–H and O–H groups in total. The molecule has 0 bridgehead atoms. The number of aryl methyl sites for hydroxylation is 1. The van der Waals surface area contributed by atoms with Gasteiger partial charge in [-0.25, -0.2) is 9.97 Å². The molecule has 2 aliphatic heterocycles. The van der Waals surface area contributed by atoms with Crippen molar-refractivity contribution in [3.05, 3.63) is 62.4 Å². The minimum Gasteiger partial charge on any atom is -0.504 e. The number of pyridine rings is 1. The van der Waals surface area contributed by atoms with Crippen molar-refractivity contribution in [2.24, 2.45) is 0 Å². The van der Waals surface area contributed by atoms with Gasteiger partial charge in [0, 0.05) is 25.0 Å². The van der Waals surface area contributed by atoms with Gasteiger partial charge in [0.25, 0.3) is 5.91 Å². The number of rotatable bonds is 5. The summed E-state index contributed by atoms with van der Waals surface area (Å²) < 4.78 is 41.5. The van der Waals surface area contributed by atoms with E-state index in [0.717, 1.165) is 31.0 Å². The van der Waals surface area contributed by atoms with Gasteiger partial charge in [0.05, 0.1) is 39.7 Å². The fourth-order valence-corrected chi connectivity index (χ4v) is 7.65. The number of hydrogen-bond acceptors (Lipinski definition) is 9. The Bertz CT molecular complexity index is 2110. The number of aromatic nitrogens is 6. The number of amides is 2. The molecule has 4 aliphatic rings. The molecule has 5 heterocycles. The molecule has 49 heavy (non-hydrogen) atoms. The normalized spacial score (nSPS) is 23.3. The van der Waals surface area contributed by atoms with E-state index in [9.17, 15) is 32.7 Å². The highest BCUT2D eigenvalue weighted by Crippen LogP contribution is 2.46. The number of carbonyl (C=O) groups excluding carboxylic acids is 2. The molecule has 8 rings (SSSR count). The van der Waals surface area contributed by atoms with Crippen molar-refractivity contribution in [1.82, 2.24) is 34.4 Å². The van der Waals surface area contributed by atoms with Crippen molar-refractivity contribution in [2.75, 3.05) is 23.3 Å². The summed E-state index contributed by atoms with van der Waals surface area (Å²) >= 11 is 6.18. The SMILES string of the molecule is Cc1ncnc(C(=O)N2CCN(c3c4n(c5nn(C6CC6)nc5c3=O)[C@@H](C(=O)Nc3ccc(C(F)(F)F)cc3Cl)C[C@H]4C)[C@H]3CC[C@@H]32)c1O. The van der Waals surface area contributed by atoms with E-state index < -0.39 is 29.6 Å². The number of aromatic hydroxyl groups is 1. The molecule has 4 atom stereocenters. The molecule has 2 aliphatic carbocycles. The molecule has 0 unspecified atom stereocenters. The first kappa shape index (κ1) is 31.5. The van der Waals surface area contributed by atoms with Crippen LogP contribution < -0.4 is 15.6 Å². The van der Waals surface area contributed by atoms with Gasteiger partial charge in [-0.15, -0.1) is 10.2 Å². The molecule has 256 valence electrons. The fraction of sp³-hybridized carbons (Fsp3) is 0.469. The Morgan fingerprint density at radius 1 is 1.06 bits per heavy atom. The van der Waals surface area contributed by atoms with Crippen molar-refractivity contribution < 1.29 is 27.9 Å². The summed E-state index contributed by atoms with van der Waals surface area (Å²) in [6.07, 6.45) is 0.0681. The van der Waals surface area contributed by atoms with Crippen molar-refractivity contribution in [3.8, 4) is 5.75 Å². The fourth-order valence-electron chi connectivity index (χ4n) is 7.43. The lowest BCUT2D eigenvalue weighted by Crippen LogP contribution is -2.67. The Morgan fingerprint density at radius 3 is 2.49 bits per heavy atom. The summed E-state index contributed by atoms with van der Waals surface area (Å²) in [5, 5.41) is 22.2. The number of alkyl halides is 3. The third kappa shape index (κ3) is 5.01. The van der Waals surface area contributed by atoms with Crippen LogP contribution >= 0.6 is 11.6 Å². The highest BCUT2D eigenvalue weighted by molar-refractivity contribution is 6.33. The zero-order valence-corrected chi connectivity index (χ0v) is 27.2. The summed E-state index contributed by atoms with van der Waals surface area (Å²) in [5.74, 6) is -1.46. The van der Waals surface area contributed by atoms with Crippen LogP contribution in [0.1, 0.15) is 84.5 Å². The number of nitrogens with one attached hydrogen (secondary N) is 1. The Balaban J connectivity index is 1.17. The second-order valence-corrected chi connectivity index (χ2v) is 13.7. The first-order valence-electron chi connectivity index (χ1n) is 16.1. The van der Waals surface area contributed by atoms with Crippen molar-refractivity contribution >= 4 is 46.0 Å². The van der Waals surface area contributed by atoms with E-state index in [0.29, 0.717) is 42.9 Å². The van der Waals surface area contributed by atoms with Crippen molar-refractivity contribution in [3.63, 3.8) is 0 Å². The van der Waals surface area contributed by atoms with Crippen LogP contribution in [0, 0.1) is 6.92 Å². The lowest BCUT2D eigenvalue weighted by Gasteiger charge is -2.54. The number of halogens is 4. The number of hydrogen-bond donors (Lipinski definition) is 2. The molecular formula is C32H31ClF3N9O4. The summed E-state index contributed by atoms with van der Waals surface area (Å²) in [7, 11) is 0. The minimum absolute atomic E-state index is 0.0305. The van der Waals surface area contributed by atoms with E-state index in [1.807, 2.05) is 11.8 Å². The lowest BCUT2D eigenvalue weighted by atomic mass is 9.81. The van der Waals surface area contributed by atoms with Crippen molar-refractivity contribution in [2.45, 2.75) is 82.2 Å². The molecule has 13 nitrogen and oxygen atoms in total. The average molecular weight is 698 g/mol. The zero-order valence-electron chi connectivity index (χ0n) is 26.4. The maximum absolute atomic E-state index is 14.4. The van der Waals surface area contributed by atoms with E-state index in [1.165, 1.54) is 11.1 Å². The van der Waals surface area contributed by atoms with E-state index in [4.69, 9.17) is 11.6 Å². The summed E-state index contributed by atoms with van der Waals surface area (Å²) in [4.78, 5) is 55.1. The predicted octanol–water partition coefficient (Wildman–Crippen LogP) is 4.58. The van der Waals surface area contributed by atoms with Gasteiger partial charge in [-0.1, -0.05) is 18.5 Å². The summed E-state index contributed by atoms with van der Waals surface area (Å²) in [6.45, 7) is 4.09. The zero-order chi connectivity index (χ0) is 34.5. The van der Waals surface area contributed by atoms with E-state index >= 15 is 0 Å². The van der Waals surface area contributed by atoms with Crippen LogP contribution in [-0.2, 0) is 11.0 Å². The van der Waals surface area contributed by atoms with E-state index in [-0.39, 0.29) is 69.3 Å². The number of nitrogens with zero attached hydrogens (tertiary/aromatic N) is 8. The van der Waals surface area contributed by atoms with Gasteiger partial charge in [0.1, 0.15) is 18.1 Å². The van der Waals surface area contributed by atoms with E-state index in [2.05, 4.69) is 25.5 Å². The molecule has 0 radical (unpaired) electrons. The van der Waals surface area contributed by atoms with Gasteiger partial charge in [-0.3, -0.25) is 14.4 Å². The van der Waals surface area contributed by atoms with Gasteiger partial charge in [-0.05, 0) is 57.2 Å². The van der Waals surface area contributed by atoms with Crippen LogP contribution in [0.5, 0.6) is 5.75 Å². The smallest absolute Gasteiger partial charge is 0.416 e. The van der Waals surface area contributed by atoms with Gasteiger partial charge >= 0.3 is 6.18 Å². The second kappa shape index (κ2) is 11.1. The Morgan fingerprint density at radius 2 is 1.82 bits per heavy atom. The maximum atomic E-state index is 14.4. The van der Waals surface area contributed by atoms with E-state index in [1.54, 1.807) is 16.4 Å². The lowest BCUT2D eigenvalue weighted by molar-refractivity contribution is -0.137. The maximum Gasteiger partial charge on any atom is 0.416 e. The van der Waals surface area contributed by atoms with Crippen LogP contribution in [0.4, 0.5) is 24.5 Å². The van der Waals surface area contributed by atoms with Crippen LogP contribution in [-0.4, -0.2) is 76.5 Å². The average Bonchev–Trinajstić information content (AvgIpc) is 3.70. The van der Waals surface area contributed by atoms with Gasteiger partial charge in [0.15, 0.2) is 22.6 Å². The van der Waals surface area contributed by atoms with Gasteiger partial charge < -0.3 is 24.8 Å². The minimum atomic E-state index is -4.60. The summed E-state index contributed by atoms with van der Waals surface area (Å²) in [6, 6.07) is 1.48. The Hall–Kier alpha value is -4.73.